The number of benzene rings is 1. The lowest BCUT2D eigenvalue weighted by atomic mass is 10.1. The van der Waals surface area contributed by atoms with Crippen LogP contribution in [-0.2, 0) is 6.42 Å². The summed E-state index contributed by atoms with van der Waals surface area (Å²) < 4.78 is 5.58. The van der Waals surface area contributed by atoms with Crippen molar-refractivity contribution in [2.24, 2.45) is 0 Å². The minimum atomic E-state index is 0.743. The summed E-state index contributed by atoms with van der Waals surface area (Å²) in [4.78, 5) is 4.31. The summed E-state index contributed by atoms with van der Waals surface area (Å²) in [5, 5.41) is 0. The molecule has 2 nitrogen and oxygen atoms in total. The van der Waals surface area contributed by atoms with Crippen LogP contribution in [0.25, 0.3) is 0 Å². The van der Waals surface area contributed by atoms with Crippen LogP contribution in [0.3, 0.4) is 0 Å². The van der Waals surface area contributed by atoms with Crippen molar-refractivity contribution in [2.75, 3.05) is 6.61 Å². The lowest BCUT2D eigenvalue weighted by Crippen LogP contribution is -1.97. The summed E-state index contributed by atoms with van der Waals surface area (Å²) in [6.45, 7) is 5.04. The molecule has 0 amide bonds. The van der Waals surface area contributed by atoms with Gasteiger partial charge in [-0.05, 0) is 48.6 Å². The third kappa shape index (κ3) is 4.96. The van der Waals surface area contributed by atoms with Crippen molar-refractivity contribution in [3.63, 3.8) is 0 Å². The Morgan fingerprint density at radius 2 is 1.81 bits per heavy atom. The van der Waals surface area contributed by atoms with Crippen LogP contribution in [0.15, 0.2) is 42.6 Å². The van der Waals surface area contributed by atoms with Crippen LogP contribution >= 0.6 is 0 Å². The monoisotopic (exact) mass is 279 g/mol. The van der Waals surface area contributed by atoms with Gasteiger partial charge in [0.05, 0.1) is 12.8 Å². The number of hydrogen-bond acceptors (Lipinski definition) is 2. The number of ether oxygens (including phenoxy) is 1. The van der Waals surface area contributed by atoms with Gasteiger partial charge in [0, 0.05) is 5.56 Å². The summed E-state index contributed by atoms with van der Waals surface area (Å²) in [5.41, 5.74) is 3.10. The Balaban J connectivity index is 1.98. The zero-order chi connectivity index (χ0) is 14.9. The molecule has 2 heteroatoms. The Morgan fingerprint density at radius 1 is 1.00 bits per heavy atom. The molecular weight excluding hydrogens is 258 g/mol. The van der Waals surface area contributed by atoms with Crippen molar-refractivity contribution in [3.8, 4) is 17.6 Å². The normalized spacial score (nSPS) is 9.81. The third-order valence-electron chi connectivity index (χ3n) is 3.20. The van der Waals surface area contributed by atoms with Crippen molar-refractivity contribution in [1.29, 1.82) is 0 Å². The molecule has 0 atom stereocenters. The highest BCUT2D eigenvalue weighted by molar-refractivity contribution is 5.41. The molecule has 0 aliphatic carbocycles. The van der Waals surface area contributed by atoms with E-state index in [1.165, 1.54) is 5.56 Å². The van der Waals surface area contributed by atoms with Gasteiger partial charge in [0.1, 0.15) is 11.4 Å². The lowest BCUT2D eigenvalue weighted by molar-refractivity contribution is 0.308. The first-order valence-corrected chi connectivity index (χ1v) is 7.51. The Bertz CT molecular complexity index is 603. The summed E-state index contributed by atoms with van der Waals surface area (Å²) >= 11 is 0. The van der Waals surface area contributed by atoms with Gasteiger partial charge in [-0.3, -0.25) is 0 Å². The number of unbranched alkanes of at least 4 members (excludes halogenated alkanes) is 1. The van der Waals surface area contributed by atoms with E-state index < -0.39 is 0 Å². The molecule has 1 aromatic carbocycles. The molecule has 0 spiro atoms. The maximum atomic E-state index is 5.58. The Morgan fingerprint density at radius 3 is 2.43 bits per heavy atom. The summed E-state index contributed by atoms with van der Waals surface area (Å²) in [6, 6.07) is 12.1. The molecule has 1 aromatic heterocycles. The molecule has 108 valence electrons. The van der Waals surface area contributed by atoms with Crippen LogP contribution in [0.4, 0.5) is 0 Å². The number of aryl methyl sites for hydroxylation is 1. The standard InChI is InChI=1S/C19H21NO/c1-3-5-14-21-19-13-12-18(20-15-19)11-10-17-8-6-16(4-2)7-9-17/h6-9,12-13,15H,3-5,14H2,1-2H3. The molecule has 0 unspecified atom stereocenters. The number of aromatic nitrogens is 1. The number of hydrogen-bond donors (Lipinski definition) is 0. The molecule has 0 fully saturated rings. The topological polar surface area (TPSA) is 22.1 Å². The van der Waals surface area contributed by atoms with Crippen LogP contribution in [0.2, 0.25) is 0 Å². The zero-order valence-corrected chi connectivity index (χ0v) is 12.7. The molecule has 21 heavy (non-hydrogen) atoms. The second-order valence-corrected chi connectivity index (χ2v) is 4.88. The van der Waals surface area contributed by atoms with Crippen molar-refractivity contribution in [2.45, 2.75) is 33.1 Å². The highest BCUT2D eigenvalue weighted by Gasteiger charge is 1.95. The largest absolute Gasteiger partial charge is 0.492 e. The highest BCUT2D eigenvalue weighted by Crippen LogP contribution is 2.09. The molecule has 0 N–H and O–H groups in total. The van der Waals surface area contributed by atoms with Crippen LogP contribution in [0.5, 0.6) is 5.75 Å². The first-order valence-electron chi connectivity index (χ1n) is 7.51. The Kier molecular flexibility index (Phi) is 5.84. The first-order chi connectivity index (χ1) is 10.3. The van der Waals surface area contributed by atoms with Crippen LogP contribution in [-0.4, -0.2) is 11.6 Å². The average Bonchev–Trinajstić information content (AvgIpc) is 2.55. The molecular formula is C19H21NO. The quantitative estimate of drug-likeness (QED) is 0.604. The Labute approximate surface area is 127 Å². The van der Waals surface area contributed by atoms with E-state index in [1.807, 2.05) is 24.3 Å². The molecule has 0 saturated heterocycles. The van der Waals surface area contributed by atoms with Gasteiger partial charge in [-0.25, -0.2) is 4.98 Å². The van der Waals surface area contributed by atoms with Gasteiger partial charge in [0.15, 0.2) is 0 Å². The van der Waals surface area contributed by atoms with Crippen molar-refractivity contribution < 1.29 is 4.74 Å². The maximum absolute atomic E-state index is 5.58. The number of pyridine rings is 1. The second kappa shape index (κ2) is 8.11. The van der Waals surface area contributed by atoms with E-state index in [2.05, 4.69) is 42.8 Å². The van der Waals surface area contributed by atoms with E-state index in [9.17, 15) is 0 Å². The van der Waals surface area contributed by atoms with E-state index in [4.69, 9.17) is 4.74 Å². The van der Waals surface area contributed by atoms with Gasteiger partial charge < -0.3 is 4.74 Å². The zero-order valence-electron chi connectivity index (χ0n) is 12.7. The molecule has 2 aromatic rings. The predicted octanol–water partition coefficient (Wildman–Crippen LogP) is 4.22. The van der Waals surface area contributed by atoms with Gasteiger partial charge in [-0.2, -0.15) is 0 Å². The van der Waals surface area contributed by atoms with Gasteiger partial charge in [0.2, 0.25) is 0 Å². The van der Waals surface area contributed by atoms with E-state index in [1.54, 1.807) is 6.20 Å². The molecule has 0 saturated carbocycles. The SMILES string of the molecule is CCCCOc1ccc(C#Cc2ccc(CC)cc2)nc1. The lowest BCUT2D eigenvalue weighted by Gasteiger charge is -2.03. The Hall–Kier alpha value is -2.27. The fourth-order valence-electron chi connectivity index (χ4n) is 1.83. The molecule has 0 aliphatic rings. The van der Waals surface area contributed by atoms with Gasteiger partial charge in [-0.15, -0.1) is 0 Å². The average molecular weight is 279 g/mol. The first kappa shape index (κ1) is 15.1. The molecule has 1 heterocycles. The van der Waals surface area contributed by atoms with Gasteiger partial charge >= 0.3 is 0 Å². The van der Waals surface area contributed by atoms with Crippen molar-refractivity contribution in [1.82, 2.24) is 4.98 Å². The second-order valence-electron chi connectivity index (χ2n) is 4.88. The van der Waals surface area contributed by atoms with Crippen LogP contribution in [0, 0.1) is 11.8 Å². The number of rotatable bonds is 5. The predicted molar refractivity (Wildman–Crippen MR) is 86.4 cm³/mol. The summed E-state index contributed by atoms with van der Waals surface area (Å²) in [5.74, 6) is 7.01. The van der Waals surface area contributed by atoms with Crippen molar-refractivity contribution in [3.05, 3.63) is 59.4 Å². The fraction of sp³-hybridized carbons (Fsp3) is 0.316. The summed E-state index contributed by atoms with van der Waals surface area (Å²) in [7, 11) is 0. The minimum Gasteiger partial charge on any atom is -0.492 e. The third-order valence-corrected chi connectivity index (χ3v) is 3.20. The molecule has 2 rings (SSSR count). The smallest absolute Gasteiger partial charge is 0.137 e. The summed E-state index contributed by atoms with van der Waals surface area (Å²) in [6.07, 6.45) is 4.98. The van der Waals surface area contributed by atoms with E-state index >= 15 is 0 Å². The van der Waals surface area contributed by atoms with Crippen LogP contribution < -0.4 is 4.74 Å². The van der Waals surface area contributed by atoms with Crippen molar-refractivity contribution >= 4 is 0 Å². The van der Waals surface area contributed by atoms with Crippen LogP contribution in [0.1, 0.15) is 43.5 Å². The van der Waals surface area contributed by atoms with E-state index in [0.717, 1.165) is 42.9 Å². The van der Waals surface area contributed by atoms with Gasteiger partial charge in [-0.1, -0.05) is 38.3 Å². The molecule has 0 bridgehead atoms. The van der Waals surface area contributed by atoms with Gasteiger partial charge in [0.25, 0.3) is 0 Å². The number of nitrogens with zero attached hydrogens (tertiary/aromatic N) is 1. The minimum absolute atomic E-state index is 0.743. The molecule has 0 radical (unpaired) electrons. The van der Waals surface area contributed by atoms with E-state index in [0.29, 0.717) is 0 Å². The highest BCUT2D eigenvalue weighted by atomic mass is 16.5. The fourth-order valence-corrected chi connectivity index (χ4v) is 1.83. The maximum Gasteiger partial charge on any atom is 0.137 e. The van der Waals surface area contributed by atoms with E-state index in [-0.39, 0.29) is 0 Å². The molecule has 0 aliphatic heterocycles.